The van der Waals surface area contributed by atoms with Crippen LogP contribution in [0.4, 0.5) is 0 Å². The molecule has 3 heterocycles. The molecule has 88 valence electrons. The Morgan fingerprint density at radius 3 is 3.25 bits per heavy atom. The van der Waals surface area contributed by atoms with Gasteiger partial charge in [-0.1, -0.05) is 6.42 Å². The maximum absolute atomic E-state index is 3.97. The molecule has 1 aromatic heterocycles. The molecule has 2 saturated heterocycles. The maximum Gasteiger partial charge on any atom is 0.0490 e. The average Bonchev–Trinajstić information content (AvgIpc) is 2.96. The number of aromatic nitrogens is 2. The van der Waals surface area contributed by atoms with Crippen molar-refractivity contribution >= 4 is 0 Å². The fourth-order valence-corrected chi connectivity index (χ4v) is 3.11. The number of H-pyrrole nitrogens is 1. The van der Waals surface area contributed by atoms with Gasteiger partial charge in [0.15, 0.2) is 0 Å². The lowest BCUT2D eigenvalue weighted by Crippen LogP contribution is -2.44. The summed E-state index contributed by atoms with van der Waals surface area (Å²) >= 11 is 0. The van der Waals surface area contributed by atoms with E-state index in [0.29, 0.717) is 6.04 Å². The van der Waals surface area contributed by atoms with E-state index in [1.165, 1.54) is 44.5 Å². The highest BCUT2D eigenvalue weighted by Gasteiger charge is 2.34. The Morgan fingerprint density at radius 2 is 2.38 bits per heavy atom. The lowest BCUT2D eigenvalue weighted by molar-refractivity contribution is 0.180. The smallest absolute Gasteiger partial charge is 0.0490 e. The van der Waals surface area contributed by atoms with Crippen molar-refractivity contribution in [2.24, 2.45) is 0 Å². The third-order valence-corrected chi connectivity index (χ3v) is 3.97. The Morgan fingerprint density at radius 1 is 1.38 bits per heavy atom. The molecule has 16 heavy (non-hydrogen) atoms. The number of aromatic amines is 1. The summed E-state index contributed by atoms with van der Waals surface area (Å²) in [5, 5.41) is 10.7. The summed E-state index contributed by atoms with van der Waals surface area (Å²) in [7, 11) is 0. The van der Waals surface area contributed by atoms with E-state index in [0.717, 1.165) is 12.6 Å². The van der Waals surface area contributed by atoms with Gasteiger partial charge in [0.2, 0.25) is 0 Å². The molecule has 0 radical (unpaired) electrons. The van der Waals surface area contributed by atoms with E-state index in [1.54, 1.807) is 0 Å². The molecule has 1 aromatic rings. The van der Waals surface area contributed by atoms with E-state index < -0.39 is 0 Å². The van der Waals surface area contributed by atoms with Crippen molar-refractivity contribution in [3.63, 3.8) is 0 Å². The molecule has 0 amide bonds. The summed E-state index contributed by atoms with van der Waals surface area (Å²) in [4.78, 5) is 2.66. The predicted octanol–water partition coefficient (Wildman–Crippen LogP) is 1.13. The van der Waals surface area contributed by atoms with Gasteiger partial charge in [-0.15, -0.1) is 0 Å². The second-order valence-electron chi connectivity index (χ2n) is 4.96. The molecule has 3 rings (SSSR count). The summed E-state index contributed by atoms with van der Waals surface area (Å²) in [6, 6.07) is 3.51. The van der Waals surface area contributed by atoms with Crippen LogP contribution in [0, 0.1) is 0 Å². The van der Waals surface area contributed by atoms with Crippen LogP contribution in [0.25, 0.3) is 0 Å². The van der Waals surface area contributed by atoms with Crippen molar-refractivity contribution in [3.8, 4) is 0 Å². The van der Waals surface area contributed by atoms with Crippen LogP contribution < -0.4 is 5.32 Å². The van der Waals surface area contributed by atoms with E-state index in [-0.39, 0.29) is 0 Å². The summed E-state index contributed by atoms with van der Waals surface area (Å²) in [5.74, 6) is 0. The fourth-order valence-electron chi connectivity index (χ4n) is 3.11. The zero-order chi connectivity index (χ0) is 10.8. The van der Waals surface area contributed by atoms with E-state index in [1.807, 2.05) is 12.3 Å². The quantitative estimate of drug-likeness (QED) is 0.802. The molecular weight excluding hydrogens is 200 g/mol. The van der Waals surface area contributed by atoms with Gasteiger partial charge >= 0.3 is 0 Å². The van der Waals surface area contributed by atoms with Crippen LogP contribution >= 0.6 is 0 Å². The Bertz CT molecular complexity index is 322. The summed E-state index contributed by atoms with van der Waals surface area (Å²) in [6.07, 6.45) is 7.30. The van der Waals surface area contributed by atoms with Gasteiger partial charge in [-0.3, -0.25) is 10.00 Å². The molecule has 2 N–H and O–H groups in total. The molecule has 2 fully saturated rings. The van der Waals surface area contributed by atoms with Gasteiger partial charge in [0.25, 0.3) is 0 Å². The van der Waals surface area contributed by atoms with Gasteiger partial charge in [0.05, 0.1) is 0 Å². The third-order valence-electron chi connectivity index (χ3n) is 3.97. The minimum Gasteiger partial charge on any atom is -0.307 e. The zero-order valence-electron chi connectivity index (χ0n) is 9.65. The lowest BCUT2D eigenvalue weighted by atomic mass is 9.99. The standard InChI is InChI=1S/C12H20N4/c1-2-7-16-8-5-11(12(16)3-1)13-9-10-4-6-14-15-10/h4,6,11-13H,1-3,5,7-9H2,(H,14,15). The number of rotatable bonds is 3. The SMILES string of the molecule is c1cc(CNC2CCN3CCCCC23)[nH]n1. The summed E-state index contributed by atoms with van der Waals surface area (Å²) in [5.41, 5.74) is 1.19. The van der Waals surface area contributed by atoms with E-state index >= 15 is 0 Å². The second kappa shape index (κ2) is 4.55. The van der Waals surface area contributed by atoms with E-state index in [2.05, 4.69) is 20.4 Å². The van der Waals surface area contributed by atoms with Crippen molar-refractivity contribution in [3.05, 3.63) is 18.0 Å². The highest BCUT2D eigenvalue weighted by Crippen LogP contribution is 2.27. The van der Waals surface area contributed by atoms with Gasteiger partial charge in [-0.2, -0.15) is 5.10 Å². The number of hydrogen-bond donors (Lipinski definition) is 2. The summed E-state index contributed by atoms with van der Waals surface area (Å²) in [6.45, 7) is 3.52. The number of nitrogens with zero attached hydrogens (tertiary/aromatic N) is 2. The van der Waals surface area contributed by atoms with Crippen molar-refractivity contribution in [2.45, 2.75) is 44.3 Å². The molecule has 2 aliphatic heterocycles. The monoisotopic (exact) mass is 220 g/mol. The highest BCUT2D eigenvalue weighted by atomic mass is 15.2. The van der Waals surface area contributed by atoms with Gasteiger partial charge in [-0.25, -0.2) is 0 Å². The molecule has 4 nitrogen and oxygen atoms in total. The first-order valence-electron chi connectivity index (χ1n) is 6.39. The van der Waals surface area contributed by atoms with Crippen LogP contribution in [0.1, 0.15) is 31.4 Å². The molecular formula is C12H20N4. The predicted molar refractivity (Wildman–Crippen MR) is 63.0 cm³/mol. The molecule has 0 spiro atoms. The van der Waals surface area contributed by atoms with Crippen molar-refractivity contribution < 1.29 is 0 Å². The van der Waals surface area contributed by atoms with Crippen molar-refractivity contribution in [1.29, 1.82) is 0 Å². The first kappa shape index (κ1) is 10.3. The number of fused-ring (bicyclic) bond motifs is 1. The van der Waals surface area contributed by atoms with Gasteiger partial charge < -0.3 is 5.32 Å². The second-order valence-corrected chi connectivity index (χ2v) is 4.96. The van der Waals surface area contributed by atoms with Gasteiger partial charge in [0.1, 0.15) is 0 Å². The highest BCUT2D eigenvalue weighted by molar-refractivity contribution is 4.99. The normalized spacial score (nSPS) is 30.5. The first-order chi connectivity index (χ1) is 7.93. The van der Waals surface area contributed by atoms with Crippen LogP contribution in [0.2, 0.25) is 0 Å². The molecule has 2 aliphatic rings. The first-order valence-corrected chi connectivity index (χ1v) is 6.39. The van der Waals surface area contributed by atoms with Gasteiger partial charge in [-0.05, 0) is 31.9 Å². The van der Waals surface area contributed by atoms with Crippen LogP contribution in [-0.2, 0) is 6.54 Å². The van der Waals surface area contributed by atoms with Crippen LogP contribution in [0.5, 0.6) is 0 Å². The third kappa shape index (κ3) is 1.99. The Balaban J connectivity index is 1.55. The van der Waals surface area contributed by atoms with Crippen LogP contribution in [0.3, 0.4) is 0 Å². The molecule has 2 unspecified atom stereocenters. The molecule has 0 aromatic carbocycles. The van der Waals surface area contributed by atoms with Crippen LogP contribution in [0.15, 0.2) is 12.3 Å². The average molecular weight is 220 g/mol. The van der Waals surface area contributed by atoms with Crippen molar-refractivity contribution in [1.82, 2.24) is 20.4 Å². The Kier molecular flexibility index (Phi) is 2.93. The summed E-state index contributed by atoms with van der Waals surface area (Å²) < 4.78 is 0. The molecule has 4 heteroatoms. The molecule has 0 bridgehead atoms. The lowest BCUT2D eigenvalue weighted by Gasteiger charge is -2.32. The largest absolute Gasteiger partial charge is 0.307 e. The number of hydrogen-bond acceptors (Lipinski definition) is 3. The molecule has 0 saturated carbocycles. The van der Waals surface area contributed by atoms with Crippen molar-refractivity contribution in [2.75, 3.05) is 13.1 Å². The zero-order valence-corrected chi connectivity index (χ0v) is 9.65. The van der Waals surface area contributed by atoms with E-state index in [9.17, 15) is 0 Å². The Hall–Kier alpha value is -0.870. The number of nitrogens with one attached hydrogen (secondary N) is 2. The number of piperidine rings is 1. The van der Waals surface area contributed by atoms with Crippen LogP contribution in [-0.4, -0.2) is 40.3 Å². The fraction of sp³-hybridized carbons (Fsp3) is 0.750. The Labute approximate surface area is 96.4 Å². The molecule has 0 aliphatic carbocycles. The van der Waals surface area contributed by atoms with E-state index in [4.69, 9.17) is 0 Å². The molecule has 2 atom stereocenters. The minimum atomic E-state index is 0.684. The topological polar surface area (TPSA) is 44.0 Å². The van der Waals surface area contributed by atoms with Gasteiger partial charge in [0, 0.05) is 37.1 Å². The minimum absolute atomic E-state index is 0.684. The maximum atomic E-state index is 3.97.